The van der Waals surface area contributed by atoms with Crippen LogP contribution in [0.25, 0.3) is 5.69 Å². The molecule has 0 saturated carbocycles. The molecular weight excluding hydrogens is 366 g/mol. The van der Waals surface area contributed by atoms with E-state index >= 15 is 0 Å². The van der Waals surface area contributed by atoms with Crippen molar-refractivity contribution in [3.63, 3.8) is 0 Å². The maximum absolute atomic E-state index is 12.4. The summed E-state index contributed by atoms with van der Waals surface area (Å²) in [5.41, 5.74) is 3.45. The van der Waals surface area contributed by atoms with Gasteiger partial charge in [-0.25, -0.2) is 4.68 Å². The van der Waals surface area contributed by atoms with E-state index in [0.717, 1.165) is 22.4 Å². The lowest BCUT2D eigenvalue weighted by molar-refractivity contribution is -0.116. The number of aromatic nitrogens is 2. The normalized spacial score (nSPS) is 16.0. The Hall–Kier alpha value is -2.99. The molecule has 7 heteroatoms. The average Bonchev–Trinajstić information content (AvgIpc) is 3.07. The Morgan fingerprint density at radius 2 is 2.11 bits per heavy atom. The van der Waals surface area contributed by atoms with Crippen molar-refractivity contribution < 1.29 is 14.6 Å². The second kappa shape index (κ2) is 6.63. The number of ether oxygens (including phenoxy) is 1. The quantitative estimate of drug-likeness (QED) is 0.716. The third-order valence-corrected chi connectivity index (χ3v) is 5.23. The monoisotopic (exact) mass is 383 g/mol. The molecule has 0 fully saturated rings. The molecule has 1 aliphatic rings. The summed E-state index contributed by atoms with van der Waals surface area (Å²) in [5, 5.41) is 18.1. The van der Waals surface area contributed by atoms with E-state index in [1.54, 1.807) is 23.0 Å². The van der Waals surface area contributed by atoms with Gasteiger partial charge in [0, 0.05) is 22.9 Å². The number of carbonyl (C=O) groups is 1. The number of benzene rings is 2. The molecule has 27 heavy (non-hydrogen) atoms. The molecule has 0 bridgehead atoms. The van der Waals surface area contributed by atoms with Crippen molar-refractivity contribution in [2.24, 2.45) is 0 Å². The van der Waals surface area contributed by atoms with Gasteiger partial charge in [0.15, 0.2) is 11.5 Å². The molecule has 4 rings (SSSR count). The Kier molecular flexibility index (Phi) is 4.28. The Morgan fingerprint density at radius 1 is 1.30 bits per heavy atom. The van der Waals surface area contributed by atoms with Crippen LogP contribution in [-0.2, 0) is 4.79 Å². The molecular formula is C20H18ClN3O3. The van der Waals surface area contributed by atoms with Gasteiger partial charge in [-0.3, -0.25) is 4.79 Å². The fourth-order valence-corrected chi connectivity index (χ4v) is 3.52. The third kappa shape index (κ3) is 3.02. The standard InChI is InChI=1S/C20H18ClN3O3/c1-11-3-5-13(8-16(11)21)24-20-15(10-22-24)14(9-19(26)23-20)12-4-6-18(27-2)17(25)7-12/h3-8,10,14,25H,9H2,1-2H3,(H,23,26). The van der Waals surface area contributed by atoms with Crippen molar-refractivity contribution >= 4 is 23.3 Å². The number of methoxy groups -OCH3 is 1. The van der Waals surface area contributed by atoms with Crippen LogP contribution in [0.2, 0.25) is 5.02 Å². The molecule has 1 unspecified atom stereocenters. The lowest BCUT2D eigenvalue weighted by Gasteiger charge is -2.24. The minimum Gasteiger partial charge on any atom is -0.504 e. The zero-order chi connectivity index (χ0) is 19.1. The van der Waals surface area contributed by atoms with Crippen LogP contribution in [0.15, 0.2) is 42.6 Å². The van der Waals surface area contributed by atoms with Gasteiger partial charge in [0.25, 0.3) is 0 Å². The first-order valence-electron chi connectivity index (χ1n) is 8.49. The average molecular weight is 384 g/mol. The van der Waals surface area contributed by atoms with E-state index in [4.69, 9.17) is 16.3 Å². The lowest BCUT2D eigenvalue weighted by atomic mass is 9.87. The summed E-state index contributed by atoms with van der Waals surface area (Å²) in [5.74, 6) is 0.735. The molecule has 2 N–H and O–H groups in total. The predicted octanol–water partition coefficient (Wildman–Crippen LogP) is 4.02. The number of halogens is 1. The minimum atomic E-state index is -0.208. The Morgan fingerprint density at radius 3 is 2.81 bits per heavy atom. The van der Waals surface area contributed by atoms with Crippen LogP contribution in [0.1, 0.15) is 29.0 Å². The molecule has 138 valence electrons. The van der Waals surface area contributed by atoms with Crippen LogP contribution < -0.4 is 10.1 Å². The van der Waals surface area contributed by atoms with Crippen LogP contribution in [0.5, 0.6) is 11.5 Å². The number of nitrogens with zero attached hydrogens (tertiary/aromatic N) is 2. The van der Waals surface area contributed by atoms with E-state index in [9.17, 15) is 9.90 Å². The molecule has 0 spiro atoms. The Balaban J connectivity index is 1.79. The van der Waals surface area contributed by atoms with Crippen molar-refractivity contribution in [2.75, 3.05) is 12.4 Å². The topological polar surface area (TPSA) is 76.4 Å². The van der Waals surface area contributed by atoms with Crippen LogP contribution in [0.3, 0.4) is 0 Å². The summed E-state index contributed by atoms with van der Waals surface area (Å²) < 4.78 is 6.78. The molecule has 2 aromatic carbocycles. The van der Waals surface area contributed by atoms with E-state index in [0.29, 0.717) is 16.6 Å². The zero-order valence-corrected chi connectivity index (χ0v) is 15.6. The smallest absolute Gasteiger partial charge is 0.226 e. The number of amides is 1. The van der Waals surface area contributed by atoms with Crippen LogP contribution in [0.4, 0.5) is 5.82 Å². The van der Waals surface area contributed by atoms with E-state index < -0.39 is 0 Å². The first kappa shape index (κ1) is 17.4. The molecule has 0 saturated heterocycles. The SMILES string of the molecule is COc1ccc(C2CC(=O)Nc3c2cnn3-c2ccc(C)c(Cl)c2)cc1O. The number of aryl methyl sites for hydroxylation is 1. The number of phenolic OH excluding ortho intramolecular Hbond substituents is 1. The maximum atomic E-state index is 12.4. The second-order valence-electron chi connectivity index (χ2n) is 6.53. The van der Waals surface area contributed by atoms with E-state index in [2.05, 4.69) is 10.4 Å². The first-order chi connectivity index (χ1) is 13.0. The molecule has 1 aliphatic heterocycles. The minimum absolute atomic E-state index is 0.0419. The van der Waals surface area contributed by atoms with Gasteiger partial charge in [-0.05, 0) is 42.3 Å². The van der Waals surface area contributed by atoms with Gasteiger partial charge in [-0.1, -0.05) is 23.7 Å². The molecule has 1 atom stereocenters. The van der Waals surface area contributed by atoms with Gasteiger partial charge < -0.3 is 15.2 Å². The van der Waals surface area contributed by atoms with Gasteiger partial charge >= 0.3 is 0 Å². The summed E-state index contributed by atoms with van der Waals surface area (Å²) >= 11 is 6.25. The number of rotatable bonds is 3. The number of aromatic hydroxyl groups is 1. The summed E-state index contributed by atoms with van der Waals surface area (Å²) in [4.78, 5) is 12.4. The van der Waals surface area contributed by atoms with Crippen molar-refractivity contribution in [3.8, 4) is 17.2 Å². The molecule has 6 nitrogen and oxygen atoms in total. The Labute approximate surface area is 161 Å². The largest absolute Gasteiger partial charge is 0.504 e. The van der Waals surface area contributed by atoms with Crippen LogP contribution in [0, 0.1) is 6.92 Å². The maximum Gasteiger partial charge on any atom is 0.226 e. The van der Waals surface area contributed by atoms with E-state index in [1.165, 1.54) is 7.11 Å². The number of phenols is 1. The molecule has 3 aromatic rings. The first-order valence-corrected chi connectivity index (χ1v) is 8.87. The zero-order valence-electron chi connectivity index (χ0n) is 14.9. The summed E-state index contributed by atoms with van der Waals surface area (Å²) in [6, 6.07) is 10.8. The molecule has 2 heterocycles. The molecule has 1 aromatic heterocycles. The summed E-state index contributed by atoms with van der Waals surface area (Å²) in [6.45, 7) is 1.93. The number of hydrogen-bond acceptors (Lipinski definition) is 4. The van der Waals surface area contributed by atoms with E-state index in [-0.39, 0.29) is 24.0 Å². The number of nitrogens with one attached hydrogen (secondary N) is 1. The van der Waals surface area contributed by atoms with Gasteiger partial charge in [-0.2, -0.15) is 5.10 Å². The number of fused-ring (bicyclic) bond motifs is 1. The highest BCUT2D eigenvalue weighted by atomic mass is 35.5. The number of carbonyl (C=O) groups excluding carboxylic acids is 1. The fourth-order valence-electron chi connectivity index (χ4n) is 3.35. The second-order valence-corrected chi connectivity index (χ2v) is 6.94. The van der Waals surface area contributed by atoms with Gasteiger partial charge in [0.1, 0.15) is 5.82 Å². The van der Waals surface area contributed by atoms with Crippen molar-refractivity contribution in [1.82, 2.24) is 9.78 Å². The predicted molar refractivity (Wildman–Crippen MR) is 103 cm³/mol. The summed E-state index contributed by atoms with van der Waals surface area (Å²) in [6.07, 6.45) is 2.02. The third-order valence-electron chi connectivity index (χ3n) is 4.83. The van der Waals surface area contributed by atoms with Crippen LogP contribution in [-0.4, -0.2) is 27.9 Å². The highest BCUT2D eigenvalue weighted by molar-refractivity contribution is 6.31. The highest BCUT2D eigenvalue weighted by Crippen LogP contribution is 2.40. The highest BCUT2D eigenvalue weighted by Gasteiger charge is 2.31. The van der Waals surface area contributed by atoms with Crippen molar-refractivity contribution in [3.05, 3.63) is 64.3 Å². The number of anilines is 1. The number of hydrogen-bond donors (Lipinski definition) is 2. The van der Waals surface area contributed by atoms with Crippen molar-refractivity contribution in [1.29, 1.82) is 0 Å². The summed E-state index contributed by atoms with van der Waals surface area (Å²) in [7, 11) is 1.50. The fraction of sp³-hybridized carbons (Fsp3) is 0.200. The van der Waals surface area contributed by atoms with E-state index in [1.807, 2.05) is 31.2 Å². The van der Waals surface area contributed by atoms with Gasteiger partial charge in [0.05, 0.1) is 19.0 Å². The molecule has 1 amide bonds. The molecule has 0 aliphatic carbocycles. The van der Waals surface area contributed by atoms with Crippen molar-refractivity contribution in [2.45, 2.75) is 19.3 Å². The lowest BCUT2D eigenvalue weighted by Crippen LogP contribution is -2.24. The van der Waals surface area contributed by atoms with Gasteiger partial charge in [-0.15, -0.1) is 0 Å². The Bertz CT molecular complexity index is 1040. The molecule has 0 radical (unpaired) electrons. The van der Waals surface area contributed by atoms with Gasteiger partial charge in [0.2, 0.25) is 5.91 Å². The van der Waals surface area contributed by atoms with Crippen LogP contribution >= 0.6 is 11.6 Å².